The van der Waals surface area contributed by atoms with Crippen molar-refractivity contribution in [2.24, 2.45) is 17.8 Å². The summed E-state index contributed by atoms with van der Waals surface area (Å²) >= 11 is 0. The fourth-order valence-electron chi connectivity index (χ4n) is 1.71. The highest BCUT2D eigenvalue weighted by atomic mass is 16.2. The molecule has 2 N–H and O–H groups in total. The third kappa shape index (κ3) is 2.20. The van der Waals surface area contributed by atoms with Gasteiger partial charge >= 0.3 is 0 Å². The molecule has 6 heteroatoms. The predicted molar refractivity (Wildman–Crippen MR) is 65.8 cm³/mol. The zero-order valence-corrected chi connectivity index (χ0v) is 10.1. The molecule has 2 heterocycles. The average Bonchev–Trinajstić information content (AvgIpc) is 2.48. The van der Waals surface area contributed by atoms with Crippen molar-refractivity contribution in [2.45, 2.75) is 6.42 Å². The number of hydrogen-bond acceptors (Lipinski definition) is 4. The topological polar surface area (TPSA) is 76.5 Å². The number of hydrogen-bond donors (Lipinski definition) is 1. The van der Waals surface area contributed by atoms with Gasteiger partial charge in [0.05, 0.1) is 6.20 Å². The van der Waals surface area contributed by atoms with Crippen LogP contribution in [0.1, 0.15) is 12.1 Å². The van der Waals surface area contributed by atoms with Gasteiger partial charge in [-0.25, -0.2) is 4.99 Å². The molecule has 0 unspecified atom stereocenters. The van der Waals surface area contributed by atoms with Gasteiger partial charge in [0.1, 0.15) is 17.2 Å². The summed E-state index contributed by atoms with van der Waals surface area (Å²) in [5.41, 5.74) is 7.77. The van der Waals surface area contributed by atoms with Crippen molar-refractivity contribution in [1.82, 2.24) is 14.7 Å². The van der Waals surface area contributed by atoms with Gasteiger partial charge in [0.25, 0.3) is 0 Å². The summed E-state index contributed by atoms with van der Waals surface area (Å²) in [4.78, 5) is 17.7. The molecule has 1 aromatic heterocycles. The molecule has 0 fully saturated rings. The lowest BCUT2D eigenvalue weighted by Gasteiger charge is -2.12. The van der Waals surface area contributed by atoms with Crippen LogP contribution in [-0.2, 0) is 11.8 Å². The third-order valence-electron chi connectivity index (χ3n) is 2.46. The molecule has 0 bridgehead atoms. The Morgan fingerprint density at radius 3 is 2.88 bits per heavy atom. The molecule has 1 aliphatic heterocycles. The number of amidine groups is 1. The fraction of sp³-hybridized carbons (Fsp3) is 0.364. The van der Waals surface area contributed by atoms with Crippen LogP contribution < -0.4 is 5.73 Å². The normalized spacial score (nSPS) is 14.5. The smallest absolute Gasteiger partial charge is 0.249 e. The van der Waals surface area contributed by atoms with Crippen molar-refractivity contribution < 1.29 is 4.79 Å². The molecule has 2 rings (SSSR count). The molecule has 1 amide bonds. The number of carbonyl (C=O) groups is 1. The Hall–Kier alpha value is -2.11. The maximum absolute atomic E-state index is 11.9. The molecule has 1 aliphatic rings. The van der Waals surface area contributed by atoms with Crippen LogP contribution in [0.2, 0.25) is 0 Å². The molecule has 1 aromatic rings. The number of amides is 1. The van der Waals surface area contributed by atoms with Gasteiger partial charge in [-0.2, -0.15) is 5.10 Å². The largest absolute Gasteiger partial charge is 0.387 e. The van der Waals surface area contributed by atoms with E-state index in [1.807, 2.05) is 7.05 Å². The predicted octanol–water partition coefficient (Wildman–Crippen LogP) is 0.284. The molecular formula is C11H15N5O. The standard InChI is InChI=1S/C11H15N5O/c1-15(2)11(17)7-4-8-9(6-16(3)14-8)13-10(12)5-7/h4,6H,5H2,1-3H3,(H2,12,13). The molecule has 90 valence electrons. The molecule has 0 aromatic carbocycles. The number of likely N-dealkylation sites (N-methyl/N-ethyl adjacent to an activating group) is 1. The first kappa shape index (κ1) is 11.4. The first-order valence-corrected chi connectivity index (χ1v) is 5.26. The monoisotopic (exact) mass is 233 g/mol. The van der Waals surface area contributed by atoms with E-state index in [9.17, 15) is 4.79 Å². The number of nitrogens with zero attached hydrogens (tertiary/aromatic N) is 4. The van der Waals surface area contributed by atoms with E-state index in [4.69, 9.17) is 5.73 Å². The van der Waals surface area contributed by atoms with Gasteiger partial charge in [-0.1, -0.05) is 0 Å². The number of nitrogens with two attached hydrogens (primary N) is 1. The average molecular weight is 233 g/mol. The van der Waals surface area contributed by atoms with E-state index in [2.05, 4.69) is 10.1 Å². The summed E-state index contributed by atoms with van der Waals surface area (Å²) in [6.45, 7) is 0. The summed E-state index contributed by atoms with van der Waals surface area (Å²) in [6, 6.07) is 0. The van der Waals surface area contributed by atoms with Crippen molar-refractivity contribution in [1.29, 1.82) is 0 Å². The van der Waals surface area contributed by atoms with Crippen molar-refractivity contribution in [3.8, 4) is 0 Å². The Kier molecular flexibility index (Phi) is 2.71. The van der Waals surface area contributed by atoms with Gasteiger partial charge in [-0.15, -0.1) is 0 Å². The number of aromatic nitrogens is 2. The van der Waals surface area contributed by atoms with E-state index < -0.39 is 0 Å². The molecule has 0 radical (unpaired) electrons. The van der Waals surface area contributed by atoms with Crippen LogP contribution in [0, 0.1) is 0 Å². The second-order valence-corrected chi connectivity index (χ2v) is 4.22. The third-order valence-corrected chi connectivity index (χ3v) is 2.46. The van der Waals surface area contributed by atoms with Crippen LogP contribution in [0.3, 0.4) is 0 Å². The highest BCUT2D eigenvalue weighted by molar-refractivity contribution is 6.04. The lowest BCUT2D eigenvalue weighted by atomic mass is 10.1. The molecule has 0 atom stereocenters. The zero-order valence-electron chi connectivity index (χ0n) is 10.1. The van der Waals surface area contributed by atoms with Crippen LogP contribution in [0.4, 0.5) is 5.69 Å². The molecule has 6 nitrogen and oxygen atoms in total. The minimum Gasteiger partial charge on any atom is -0.387 e. The minimum atomic E-state index is -0.0679. The molecule has 0 saturated heterocycles. The summed E-state index contributed by atoms with van der Waals surface area (Å²) in [5.74, 6) is 0.361. The maximum Gasteiger partial charge on any atom is 0.249 e. The molecule has 0 aliphatic carbocycles. The van der Waals surface area contributed by atoms with Gasteiger partial charge in [0.2, 0.25) is 5.91 Å². The molecule has 17 heavy (non-hydrogen) atoms. The van der Waals surface area contributed by atoms with E-state index in [1.165, 1.54) is 4.90 Å². The van der Waals surface area contributed by atoms with Crippen LogP contribution in [0.5, 0.6) is 0 Å². The summed E-state index contributed by atoms with van der Waals surface area (Å²) < 4.78 is 1.65. The summed E-state index contributed by atoms with van der Waals surface area (Å²) in [7, 11) is 5.23. The number of rotatable bonds is 1. The Morgan fingerprint density at radius 1 is 1.53 bits per heavy atom. The van der Waals surface area contributed by atoms with Crippen molar-refractivity contribution >= 4 is 23.5 Å². The summed E-state index contributed by atoms with van der Waals surface area (Å²) in [5, 5.41) is 4.24. The van der Waals surface area contributed by atoms with Gasteiger partial charge in [-0.3, -0.25) is 9.48 Å². The first-order chi connectivity index (χ1) is 7.97. The van der Waals surface area contributed by atoms with Crippen molar-refractivity contribution in [3.05, 3.63) is 17.5 Å². The minimum absolute atomic E-state index is 0.0679. The highest BCUT2D eigenvalue weighted by Gasteiger charge is 2.18. The van der Waals surface area contributed by atoms with E-state index in [-0.39, 0.29) is 5.91 Å². The second-order valence-electron chi connectivity index (χ2n) is 4.22. The summed E-state index contributed by atoms with van der Waals surface area (Å²) in [6.07, 6.45) is 3.89. The molecular weight excluding hydrogens is 218 g/mol. The maximum atomic E-state index is 11.9. The Labute approximate surface area is 99.4 Å². The van der Waals surface area contributed by atoms with Gasteiger partial charge in [0.15, 0.2) is 0 Å². The van der Waals surface area contributed by atoms with Gasteiger partial charge in [-0.05, 0) is 6.08 Å². The lowest BCUT2D eigenvalue weighted by molar-refractivity contribution is -0.124. The number of aliphatic imine (C=N–C) groups is 1. The lowest BCUT2D eigenvalue weighted by Crippen LogP contribution is -2.26. The van der Waals surface area contributed by atoms with Crippen LogP contribution in [-0.4, -0.2) is 40.5 Å². The molecule has 0 spiro atoms. The van der Waals surface area contributed by atoms with E-state index in [0.29, 0.717) is 29.2 Å². The number of aryl methyl sites for hydroxylation is 1. The highest BCUT2D eigenvalue weighted by Crippen LogP contribution is 2.25. The van der Waals surface area contributed by atoms with Crippen LogP contribution in [0.25, 0.3) is 6.08 Å². The Bertz CT molecular complexity index is 524. The molecule has 0 saturated carbocycles. The van der Waals surface area contributed by atoms with E-state index >= 15 is 0 Å². The number of fused-ring (bicyclic) bond motifs is 1. The van der Waals surface area contributed by atoms with Crippen LogP contribution in [0.15, 0.2) is 16.8 Å². The SMILES string of the molecule is CN(C)C(=O)C1=Cc2nn(C)cc2N=C(N)C1. The first-order valence-electron chi connectivity index (χ1n) is 5.26. The van der Waals surface area contributed by atoms with Crippen molar-refractivity contribution in [2.75, 3.05) is 14.1 Å². The second kappa shape index (κ2) is 4.04. The Balaban J connectivity index is 2.48. The Morgan fingerprint density at radius 2 is 2.24 bits per heavy atom. The zero-order chi connectivity index (χ0) is 12.6. The van der Waals surface area contributed by atoms with Crippen LogP contribution >= 0.6 is 0 Å². The van der Waals surface area contributed by atoms with Gasteiger partial charge in [0, 0.05) is 33.1 Å². The van der Waals surface area contributed by atoms with Crippen molar-refractivity contribution in [3.63, 3.8) is 0 Å². The van der Waals surface area contributed by atoms with Gasteiger partial charge < -0.3 is 10.6 Å². The number of carbonyl (C=O) groups excluding carboxylic acids is 1. The fourth-order valence-corrected chi connectivity index (χ4v) is 1.71. The van der Waals surface area contributed by atoms with E-state index in [0.717, 1.165) is 0 Å². The van der Waals surface area contributed by atoms with E-state index in [1.54, 1.807) is 31.1 Å². The quantitative estimate of drug-likeness (QED) is 0.757.